The second-order valence-electron chi connectivity index (χ2n) is 4.52. The normalized spacial score (nSPS) is 11.5. The van der Waals surface area contributed by atoms with Gasteiger partial charge in [0.25, 0.3) is 0 Å². The maximum atomic E-state index is 11.3. The van der Waals surface area contributed by atoms with Crippen molar-refractivity contribution < 1.29 is 8.42 Å². The molecule has 0 unspecified atom stereocenters. The summed E-state index contributed by atoms with van der Waals surface area (Å²) >= 11 is 1.72. The van der Waals surface area contributed by atoms with Crippen molar-refractivity contribution in [1.29, 1.82) is 0 Å². The number of nitrogen functional groups attached to an aromatic ring is 1. The van der Waals surface area contributed by atoms with Crippen molar-refractivity contribution in [2.45, 2.75) is 11.3 Å². The number of sulfonamides is 1. The standard InChI is InChI=1S/C13H17N3O2S2/c1-16(7-6-11-3-2-8-19-11)10-4-5-13(12(14)9-10)20(15,17)18/h2-5,8-9H,6-7,14H2,1H3,(H2,15,17,18). The molecule has 20 heavy (non-hydrogen) atoms. The first-order chi connectivity index (χ1) is 9.38. The highest BCUT2D eigenvalue weighted by Crippen LogP contribution is 2.23. The van der Waals surface area contributed by atoms with Crippen LogP contribution in [0.15, 0.2) is 40.6 Å². The van der Waals surface area contributed by atoms with Crippen LogP contribution in [0.2, 0.25) is 0 Å². The van der Waals surface area contributed by atoms with Crippen LogP contribution >= 0.6 is 11.3 Å². The van der Waals surface area contributed by atoms with Gasteiger partial charge in [0.2, 0.25) is 10.0 Å². The van der Waals surface area contributed by atoms with Crippen LogP contribution in [0.1, 0.15) is 4.88 Å². The molecule has 2 aromatic rings. The Balaban J connectivity index is 2.11. The van der Waals surface area contributed by atoms with Gasteiger partial charge in [-0.2, -0.15) is 0 Å². The number of thiophene rings is 1. The summed E-state index contributed by atoms with van der Waals surface area (Å²) in [6.45, 7) is 0.828. The number of hydrogen-bond acceptors (Lipinski definition) is 5. The molecule has 1 aromatic carbocycles. The molecule has 0 bridgehead atoms. The van der Waals surface area contributed by atoms with Crippen LogP contribution in [0, 0.1) is 0 Å². The van der Waals surface area contributed by atoms with Crippen LogP contribution in [0.25, 0.3) is 0 Å². The Bertz CT molecular complexity index is 682. The summed E-state index contributed by atoms with van der Waals surface area (Å²) in [6, 6.07) is 8.91. The maximum absolute atomic E-state index is 11.3. The van der Waals surface area contributed by atoms with E-state index in [9.17, 15) is 8.42 Å². The predicted molar refractivity (Wildman–Crippen MR) is 83.5 cm³/mol. The van der Waals surface area contributed by atoms with Gasteiger partial charge in [0.1, 0.15) is 4.90 Å². The average molecular weight is 311 g/mol. The van der Waals surface area contributed by atoms with Crippen LogP contribution in [0.5, 0.6) is 0 Å². The summed E-state index contributed by atoms with van der Waals surface area (Å²) in [4.78, 5) is 3.31. The molecule has 0 aliphatic rings. The highest BCUT2D eigenvalue weighted by atomic mass is 32.2. The maximum Gasteiger partial charge on any atom is 0.240 e. The summed E-state index contributed by atoms with van der Waals surface area (Å²) < 4.78 is 22.6. The third-order valence-corrected chi connectivity index (χ3v) is 4.94. The fraction of sp³-hybridized carbons (Fsp3) is 0.231. The highest BCUT2D eigenvalue weighted by molar-refractivity contribution is 7.89. The van der Waals surface area contributed by atoms with Crippen molar-refractivity contribution in [2.24, 2.45) is 5.14 Å². The summed E-state index contributed by atoms with van der Waals surface area (Å²) in [5.74, 6) is 0. The summed E-state index contributed by atoms with van der Waals surface area (Å²) in [6.07, 6.45) is 0.936. The Morgan fingerprint density at radius 3 is 2.60 bits per heavy atom. The number of rotatable bonds is 5. The molecule has 0 amide bonds. The van der Waals surface area contributed by atoms with Crippen LogP contribution in [0.4, 0.5) is 11.4 Å². The zero-order chi connectivity index (χ0) is 14.8. The van der Waals surface area contributed by atoms with Crippen molar-refractivity contribution in [2.75, 3.05) is 24.2 Å². The Morgan fingerprint density at radius 1 is 1.30 bits per heavy atom. The monoisotopic (exact) mass is 311 g/mol. The van der Waals surface area contributed by atoms with Crippen LogP contribution < -0.4 is 15.8 Å². The molecule has 0 fully saturated rings. The molecule has 0 radical (unpaired) electrons. The molecule has 4 N–H and O–H groups in total. The fourth-order valence-electron chi connectivity index (χ4n) is 1.89. The van der Waals surface area contributed by atoms with Crippen LogP contribution in [-0.4, -0.2) is 22.0 Å². The molecule has 0 saturated heterocycles. The molecule has 108 valence electrons. The van der Waals surface area contributed by atoms with E-state index in [4.69, 9.17) is 10.9 Å². The summed E-state index contributed by atoms with van der Waals surface area (Å²) in [7, 11) is -1.82. The van der Waals surface area contributed by atoms with Crippen molar-refractivity contribution >= 4 is 32.7 Å². The smallest absolute Gasteiger partial charge is 0.240 e. The molecule has 2 rings (SSSR count). The first-order valence-electron chi connectivity index (χ1n) is 6.04. The third kappa shape index (κ3) is 3.50. The number of nitrogens with two attached hydrogens (primary N) is 2. The van der Waals surface area contributed by atoms with Crippen molar-refractivity contribution in [3.63, 3.8) is 0 Å². The van der Waals surface area contributed by atoms with Gasteiger partial charge in [0.05, 0.1) is 5.69 Å². The molecule has 0 spiro atoms. The van der Waals surface area contributed by atoms with E-state index in [-0.39, 0.29) is 10.6 Å². The predicted octanol–water partition coefficient (Wildman–Crippen LogP) is 1.66. The van der Waals surface area contributed by atoms with Crippen LogP contribution in [0.3, 0.4) is 0 Å². The molecule has 1 aromatic heterocycles. The van der Waals surface area contributed by atoms with E-state index in [2.05, 4.69) is 6.07 Å². The van der Waals surface area contributed by atoms with E-state index in [1.807, 2.05) is 23.4 Å². The van der Waals surface area contributed by atoms with Crippen molar-refractivity contribution in [3.8, 4) is 0 Å². The van der Waals surface area contributed by atoms with E-state index >= 15 is 0 Å². The van der Waals surface area contributed by atoms with Gasteiger partial charge in [-0.25, -0.2) is 13.6 Å². The molecular formula is C13H17N3O2S2. The lowest BCUT2D eigenvalue weighted by Gasteiger charge is -2.20. The van der Waals surface area contributed by atoms with Gasteiger partial charge in [-0.05, 0) is 36.1 Å². The van der Waals surface area contributed by atoms with E-state index in [1.54, 1.807) is 23.5 Å². The Morgan fingerprint density at radius 2 is 2.05 bits per heavy atom. The Hall–Kier alpha value is -1.57. The number of anilines is 2. The minimum atomic E-state index is -3.77. The lowest BCUT2D eigenvalue weighted by molar-refractivity contribution is 0.598. The van der Waals surface area contributed by atoms with E-state index in [0.29, 0.717) is 0 Å². The third-order valence-electron chi connectivity index (χ3n) is 3.01. The zero-order valence-electron chi connectivity index (χ0n) is 11.1. The molecule has 0 aliphatic carbocycles. The molecule has 0 saturated carbocycles. The van der Waals surface area contributed by atoms with E-state index < -0.39 is 10.0 Å². The minimum absolute atomic E-state index is 0.0343. The van der Waals surface area contributed by atoms with Gasteiger partial charge in [0, 0.05) is 24.2 Å². The van der Waals surface area contributed by atoms with E-state index in [1.165, 1.54) is 10.9 Å². The molecule has 1 heterocycles. The number of likely N-dealkylation sites (N-methyl/N-ethyl adjacent to an activating group) is 1. The van der Waals surface area contributed by atoms with Gasteiger partial charge in [-0.15, -0.1) is 11.3 Å². The van der Waals surface area contributed by atoms with Gasteiger partial charge >= 0.3 is 0 Å². The lowest BCUT2D eigenvalue weighted by atomic mass is 10.2. The van der Waals surface area contributed by atoms with Crippen LogP contribution in [-0.2, 0) is 16.4 Å². The largest absolute Gasteiger partial charge is 0.398 e. The molecule has 0 atom stereocenters. The minimum Gasteiger partial charge on any atom is -0.398 e. The van der Waals surface area contributed by atoms with Gasteiger partial charge in [0.15, 0.2) is 0 Å². The number of primary sulfonamides is 1. The zero-order valence-corrected chi connectivity index (χ0v) is 12.7. The SMILES string of the molecule is CN(CCc1cccs1)c1ccc(S(N)(=O)=O)c(N)c1. The second-order valence-corrected chi connectivity index (χ2v) is 7.08. The highest BCUT2D eigenvalue weighted by Gasteiger charge is 2.13. The van der Waals surface area contributed by atoms with Crippen molar-refractivity contribution in [3.05, 3.63) is 40.6 Å². The van der Waals surface area contributed by atoms with Crippen molar-refractivity contribution in [1.82, 2.24) is 0 Å². The summed E-state index contributed by atoms with van der Waals surface area (Å²) in [5.41, 5.74) is 6.79. The first kappa shape index (κ1) is 14.8. The van der Waals surface area contributed by atoms with Gasteiger partial charge < -0.3 is 10.6 Å². The van der Waals surface area contributed by atoms with Gasteiger partial charge in [-0.1, -0.05) is 6.07 Å². The quantitative estimate of drug-likeness (QED) is 0.822. The Labute approximate surface area is 122 Å². The second kappa shape index (κ2) is 5.82. The topological polar surface area (TPSA) is 89.4 Å². The number of hydrogen-bond donors (Lipinski definition) is 2. The molecular weight excluding hydrogens is 294 g/mol. The molecule has 7 heteroatoms. The summed E-state index contributed by atoms with van der Waals surface area (Å²) in [5, 5.41) is 7.14. The number of nitrogens with zero attached hydrogens (tertiary/aromatic N) is 1. The number of benzene rings is 1. The lowest BCUT2D eigenvalue weighted by Crippen LogP contribution is -2.21. The molecule has 5 nitrogen and oxygen atoms in total. The average Bonchev–Trinajstić information content (AvgIpc) is 2.87. The first-order valence-corrected chi connectivity index (χ1v) is 8.46. The molecule has 0 aliphatic heterocycles. The Kier molecular flexibility index (Phi) is 4.32. The van der Waals surface area contributed by atoms with E-state index in [0.717, 1.165) is 18.7 Å². The van der Waals surface area contributed by atoms with Gasteiger partial charge in [-0.3, -0.25) is 0 Å². The fourth-order valence-corrected chi connectivity index (χ4v) is 3.24.